The molecule has 0 saturated carbocycles. The number of carbonyl (C=O) groups is 2. The number of para-hydroxylation sites is 2. The number of carbonyl (C=O) groups excluding carboxylic acids is 2. The molecule has 0 bridgehead atoms. The predicted octanol–water partition coefficient (Wildman–Crippen LogP) is 7.74. The van der Waals surface area contributed by atoms with Crippen molar-refractivity contribution in [3.8, 4) is 0 Å². The Labute approximate surface area is 307 Å². The van der Waals surface area contributed by atoms with E-state index in [1.807, 2.05) is 0 Å². The van der Waals surface area contributed by atoms with Crippen molar-refractivity contribution in [1.29, 1.82) is 0 Å². The monoisotopic (exact) mass is 771 g/mol. The number of benzene rings is 2. The second-order valence-corrected chi connectivity index (χ2v) is 13.8. The minimum absolute atomic E-state index is 0.0234. The molecule has 2 atom stereocenters. The van der Waals surface area contributed by atoms with Crippen molar-refractivity contribution < 1.29 is 45.4 Å². The maximum Gasteiger partial charge on any atom is 0.418 e. The van der Waals surface area contributed by atoms with Crippen LogP contribution < -0.4 is 20.8 Å². The molecule has 2 unspecified atom stereocenters. The average Bonchev–Trinajstić information content (AvgIpc) is 3.58. The van der Waals surface area contributed by atoms with Crippen LogP contribution in [0.2, 0.25) is 0 Å². The number of nitrogens with one attached hydrogen (secondary N) is 1. The van der Waals surface area contributed by atoms with Crippen LogP contribution in [0.15, 0.2) is 65.6 Å². The first-order chi connectivity index (χ1) is 25.1. The number of ether oxygens (including phenoxy) is 2. The zero-order valence-corrected chi connectivity index (χ0v) is 30.2. The quantitative estimate of drug-likeness (QED) is 0.0790. The Kier molecular flexibility index (Phi) is 15.0. The second kappa shape index (κ2) is 19.2. The van der Waals surface area contributed by atoms with Crippen molar-refractivity contribution in [2.45, 2.75) is 75.4 Å². The van der Waals surface area contributed by atoms with Gasteiger partial charge < -0.3 is 24.6 Å². The van der Waals surface area contributed by atoms with Crippen LogP contribution in [0.5, 0.6) is 0 Å². The molecule has 53 heavy (non-hydrogen) atoms. The smallest absolute Gasteiger partial charge is 0.418 e. The molecular weight excluding hydrogens is 728 g/mol. The van der Waals surface area contributed by atoms with E-state index in [-0.39, 0.29) is 42.5 Å². The van der Waals surface area contributed by atoms with Crippen molar-refractivity contribution in [2.75, 3.05) is 54.7 Å². The number of hydrogen-bond acceptors (Lipinski definition) is 9. The molecule has 2 heterocycles. The molecule has 10 nitrogen and oxygen atoms in total. The number of anilines is 3. The molecule has 1 aromatic heterocycles. The standard InChI is InChI=1S/C36H43F6N5O5S/c1-45(27-15-9-7-13-25(27)35(37,38)39)20-11-3-5-17-30(48)43-29-19-22-47(34(50)44-29)31-24-53-33(52-31)23-51-32(49)18-6-4-12-21-46(2)28-16-10-8-14-26(28)36(40,41)42/h7-10,13-16,19,22,31,33H,3-6,11-12,17-18,20-21,23-24H2,1-2H3,(H,43,44,48,50). The van der Waals surface area contributed by atoms with Gasteiger partial charge in [-0.25, -0.2) is 4.79 Å². The van der Waals surface area contributed by atoms with Crippen LogP contribution in [0, 0.1) is 0 Å². The van der Waals surface area contributed by atoms with E-state index in [1.165, 1.54) is 52.9 Å². The van der Waals surface area contributed by atoms with Gasteiger partial charge in [0.1, 0.15) is 24.1 Å². The third kappa shape index (κ3) is 12.7. The summed E-state index contributed by atoms with van der Waals surface area (Å²) >= 11 is 1.37. The molecule has 290 valence electrons. The Morgan fingerprint density at radius 2 is 1.40 bits per heavy atom. The van der Waals surface area contributed by atoms with E-state index in [1.54, 1.807) is 36.0 Å². The van der Waals surface area contributed by atoms with Crippen molar-refractivity contribution >= 4 is 40.8 Å². The number of esters is 1. The van der Waals surface area contributed by atoms with Crippen molar-refractivity contribution in [3.63, 3.8) is 0 Å². The average molecular weight is 772 g/mol. The Morgan fingerprint density at radius 3 is 1.94 bits per heavy atom. The highest BCUT2D eigenvalue weighted by atomic mass is 32.2. The van der Waals surface area contributed by atoms with E-state index in [2.05, 4.69) is 10.3 Å². The Bertz CT molecular complexity index is 1720. The molecule has 3 aromatic rings. The van der Waals surface area contributed by atoms with Gasteiger partial charge in [-0.15, -0.1) is 11.8 Å². The summed E-state index contributed by atoms with van der Waals surface area (Å²) in [6.07, 6.45) is -4.37. The molecule has 1 aliphatic heterocycles. The van der Waals surface area contributed by atoms with E-state index >= 15 is 0 Å². The van der Waals surface area contributed by atoms with Gasteiger partial charge >= 0.3 is 24.0 Å². The lowest BCUT2D eigenvalue weighted by Gasteiger charge is -2.23. The first-order valence-electron chi connectivity index (χ1n) is 17.2. The zero-order valence-electron chi connectivity index (χ0n) is 29.4. The zero-order chi connectivity index (χ0) is 38.6. The maximum atomic E-state index is 13.3. The molecule has 4 rings (SSSR count). The second-order valence-electron chi connectivity index (χ2n) is 12.6. The van der Waals surface area contributed by atoms with Crippen LogP contribution in [-0.2, 0) is 31.4 Å². The van der Waals surface area contributed by atoms with Crippen LogP contribution >= 0.6 is 11.8 Å². The van der Waals surface area contributed by atoms with E-state index in [9.17, 15) is 40.7 Å². The molecule has 0 spiro atoms. The number of amides is 1. The minimum Gasteiger partial charge on any atom is -0.462 e. The van der Waals surface area contributed by atoms with Gasteiger partial charge in [0.25, 0.3) is 0 Å². The number of rotatable bonds is 18. The first kappa shape index (κ1) is 41.5. The summed E-state index contributed by atoms with van der Waals surface area (Å²) < 4.78 is 92.2. The van der Waals surface area contributed by atoms with E-state index in [4.69, 9.17) is 9.47 Å². The molecule has 17 heteroatoms. The van der Waals surface area contributed by atoms with Crippen molar-refractivity contribution in [2.24, 2.45) is 0 Å². The summed E-state index contributed by atoms with van der Waals surface area (Å²) in [4.78, 5) is 44.4. The normalized spacial score (nSPS) is 16.0. The van der Waals surface area contributed by atoms with Crippen LogP contribution in [0.3, 0.4) is 0 Å². The SMILES string of the molecule is CN(CCCCCC(=O)Nc1ccn(C2CSC(COC(=O)CCCCCN(C)c3ccccc3C(F)(F)F)O2)c(=O)n1)c1ccccc1C(F)(F)F. The third-order valence-electron chi connectivity index (χ3n) is 8.53. The van der Waals surface area contributed by atoms with Crippen molar-refractivity contribution in [3.05, 3.63) is 82.4 Å². The van der Waals surface area contributed by atoms with Crippen LogP contribution in [-0.4, -0.2) is 66.4 Å². The summed E-state index contributed by atoms with van der Waals surface area (Å²) in [5, 5.41) is 2.59. The molecule has 1 N–H and O–H groups in total. The highest BCUT2D eigenvalue weighted by Gasteiger charge is 2.35. The van der Waals surface area contributed by atoms with Crippen molar-refractivity contribution in [1.82, 2.24) is 9.55 Å². The largest absolute Gasteiger partial charge is 0.462 e. The molecule has 1 aliphatic rings. The Morgan fingerprint density at radius 1 is 0.849 bits per heavy atom. The van der Waals surface area contributed by atoms with Gasteiger partial charge in [0.2, 0.25) is 5.91 Å². The fourth-order valence-corrected chi connectivity index (χ4v) is 6.75. The number of halogens is 6. The highest BCUT2D eigenvalue weighted by Crippen LogP contribution is 2.37. The van der Waals surface area contributed by atoms with Gasteiger partial charge in [-0.3, -0.25) is 14.2 Å². The molecule has 0 radical (unpaired) electrons. The van der Waals surface area contributed by atoms with Crippen LogP contribution in [0.1, 0.15) is 68.7 Å². The maximum absolute atomic E-state index is 13.3. The molecular formula is C36H43F6N5O5S. The lowest BCUT2D eigenvalue weighted by atomic mass is 10.1. The van der Waals surface area contributed by atoms with Gasteiger partial charge in [0.15, 0.2) is 0 Å². The third-order valence-corrected chi connectivity index (χ3v) is 9.63. The van der Waals surface area contributed by atoms with E-state index < -0.39 is 46.8 Å². The topological polar surface area (TPSA) is 106 Å². The summed E-state index contributed by atoms with van der Waals surface area (Å²) in [7, 11) is 3.20. The van der Waals surface area contributed by atoms with Gasteiger partial charge in [-0.2, -0.15) is 31.3 Å². The number of nitrogens with zero attached hydrogens (tertiary/aromatic N) is 4. The Balaban J connectivity index is 1.09. The first-order valence-corrected chi connectivity index (χ1v) is 18.2. The van der Waals surface area contributed by atoms with Gasteiger partial charge in [-0.1, -0.05) is 37.1 Å². The summed E-state index contributed by atoms with van der Waals surface area (Å²) in [5.41, 5.74) is -2.32. The number of thioether (sulfide) groups is 1. The highest BCUT2D eigenvalue weighted by molar-refractivity contribution is 8.00. The molecule has 1 amide bonds. The molecule has 2 aromatic carbocycles. The van der Waals surface area contributed by atoms with Crippen LogP contribution in [0.4, 0.5) is 43.5 Å². The number of alkyl halides is 6. The summed E-state index contributed by atoms with van der Waals surface area (Å²) in [6.45, 7) is 0.757. The van der Waals surface area contributed by atoms with E-state index in [0.29, 0.717) is 57.4 Å². The Hall–Kier alpha value is -4.25. The molecule has 1 fully saturated rings. The van der Waals surface area contributed by atoms with Gasteiger partial charge in [0, 0.05) is 63.4 Å². The molecule has 0 aliphatic carbocycles. The molecule has 1 saturated heterocycles. The van der Waals surface area contributed by atoms with E-state index in [0.717, 1.165) is 12.1 Å². The summed E-state index contributed by atoms with van der Waals surface area (Å²) in [6, 6.07) is 12.3. The number of aromatic nitrogens is 2. The summed E-state index contributed by atoms with van der Waals surface area (Å²) in [5.74, 6) is -0.295. The minimum atomic E-state index is -4.45. The van der Waals surface area contributed by atoms with Gasteiger partial charge in [-0.05, 0) is 56.0 Å². The fourth-order valence-electron chi connectivity index (χ4n) is 5.76. The lowest BCUT2D eigenvalue weighted by Crippen LogP contribution is -2.29. The lowest BCUT2D eigenvalue weighted by molar-refractivity contribution is -0.147. The van der Waals surface area contributed by atoms with Crippen LogP contribution in [0.25, 0.3) is 0 Å². The fraction of sp³-hybridized carbons (Fsp3) is 0.500. The van der Waals surface area contributed by atoms with Gasteiger partial charge in [0.05, 0.1) is 11.1 Å². The number of unbranched alkanes of at least 4 members (excludes halogenated alkanes) is 4. The number of hydrogen-bond donors (Lipinski definition) is 1. The predicted molar refractivity (Wildman–Crippen MR) is 191 cm³/mol.